The molecule has 4 aliphatic rings. The summed E-state index contributed by atoms with van der Waals surface area (Å²) >= 11 is 0. The average Bonchev–Trinajstić information content (AvgIpc) is 3.41. The number of hydrogen-bond donors (Lipinski definition) is 1. The van der Waals surface area contributed by atoms with E-state index in [1.807, 2.05) is 14.7 Å². The maximum atomic E-state index is 12.4. The van der Waals surface area contributed by atoms with Gasteiger partial charge >= 0.3 is 19.9 Å². The summed E-state index contributed by atoms with van der Waals surface area (Å²) in [6.07, 6.45) is -4.43. The fourth-order valence-electron chi connectivity index (χ4n) is 2.38. The van der Waals surface area contributed by atoms with Crippen LogP contribution < -0.4 is 0 Å². The van der Waals surface area contributed by atoms with Crippen molar-refractivity contribution >= 4 is 19.6 Å². The molecular formula is C14H14F5N3O4P+. The highest BCUT2D eigenvalue weighted by molar-refractivity contribution is 7.39. The highest BCUT2D eigenvalue weighted by Gasteiger charge is 2.74. The van der Waals surface area contributed by atoms with Crippen LogP contribution in [0.1, 0.15) is 0 Å². The minimum atomic E-state index is -5.95. The average molecular weight is 414 g/mol. The molecule has 0 aromatic carbocycles. The van der Waals surface area contributed by atoms with E-state index in [1.54, 1.807) is 0 Å². The van der Waals surface area contributed by atoms with Gasteiger partial charge in [-0.3, -0.25) is 9.59 Å². The van der Waals surface area contributed by atoms with Crippen molar-refractivity contribution in [2.24, 2.45) is 0 Å². The molecule has 0 spiro atoms. The second-order valence-electron chi connectivity index (χ2n) is 6.19. The number of allylic oxidation sites excluding steroid dienone is 1. The van der Waals surface area contributed by atoms with Crippen LogP contribution in [0, 0.1) is 0 Å². The van der Waals surface area contributed by atoms with Crippen molar-refractivity contribution in [3.05, 3.63) is 23.2 Å². The summed E-state index contributed by atoms with van der Waals surface area (Å²) in [5, 5.41) is 0. The molecule has 0 radical (unpaired) electrons. The van der Waals surface area contributed by atoms with E-state index < -0.39 is 19.9 Å². The lowest BCUT2D eigenvalue weighted by molar-refractivity contribution is -0.243. The molecule has 4 rings (SSSR count). The first-order chi connectivity index (χ1) is 12.4. The lowest BCUT2D eigenvalue weighted by Crippen LogP contribution is -2.32. The standard InChI is InChI=1S/C12H13N3O2.C2F5O2P/c16-9-7-8(13-1-2-13)12(17)11(15-5-6-15)10(9)14-3-4-14;3-1(4,5)2(6,7)10(8)9/h7H,1-6H2;/p+1. The number of Topliss-reactive ketones (excluding diaryl/α,β-unsaturated/α-hetero) is 1. The highest BCUT2D eigenvalue weighted by atomic mass is 31.1. The Balaban J connectivity index is 0.000000183. The molecule has 27 heavy (non-hydrogen) atoms. The van der Waals surface area contributed by atoms with Crippen LogP contribution in [0.2, 0.25) is 0 Å². The predicted molar refractivity (Wildman–Crippen MR) is 80.7 cm³/mol. The molecule has 7 nitrogen and oxygen atoms in total. The summed E-state index contributed by atoms with van der Waals surface area (Å²) < 4.78 is 65.1. The molecule has 148 valence electrons. The number of alkyl halides is 5. The number of carbonyl (C=O) groups excluding carboxylic acids is 2. The summed E-state index contributed by atoms with van der Waals surface area (Å²) in [5.74, 6) is 0.0485. The molecule has 1 aliphatic carbocycles. The van der Waals surface area contributed by atoms with E-state index in [0.29, 0.717) is 17.1 Å². The normalized spacial score (nSPS) is 22.4. The lowest BCUT2D eigenvalue weighted by Gasteiger charge is -2.21. The molecule has 0 aromatic heterocycles. The Bertz CT molecular complexity index is 767. The molecule has 0 bridgehead atoms. The number of halogens is 5. The van der Waals surface area contributed by atoms with E-state index in [4.69, 9.17) is 4.89 Å². The first-order valence-electron chi connectivity index (χ1n) is 7.85. The monoisotopic (exact) mass is 414 g/mol. The van der Waals surface area contributed by atoms with Gasteiger partial charge in [-0.15, -0.1) is 8.78 Å². The van der Waals surface area contributed by atoms with Gasteiger partial charge in [-0.1, -0.05) is 0 Å². The van der Waals surface area contributed by atoms with E-state index in [0.717, 1.165) is 39.3 Å². The van der Waals surface area contributed by atoms with Crippen LogP contribution in [0.5, 0.6) is 0 Å². The first-order valence-corrected chi connectivity index (χ1v) is 9.07. The Morgan fingerprint density at radius 2 is 1.30 bits per heavy atom. The van der Waals surface area contributed by atoms with Gasteiger partial charge in [0, 0.05) is 45.3 Å². The quantitative estimate of drug-likeness (QED) is 0.319. The topological polar surface area (TPSA) is 80.5 Å². The second kappa shape index (κ2) is 6.52. The first kappa shape index (κ1) is 19.7. The van der Waals surface area contributed by atoms with Crippen LogP contribution in [-0.2, 0) is 14.2 Å². The molecule has 3 heterocycles. The third-order valence-electron chi connectivity index (χ3n) is 4.07. The zero-order valence-electron chi connectivity index (χ0n) is 13.7. The van der Waals surface area contributed by atoms with Crippen molar-refractivity contribution in [2.45, 2.75) is 11.8 Å². The van der Waals surface area contributed by atoms with Crippen LogP contribution in [0.15, 0.2) is 23.2 Å². The summed E-state index contributed by atoms with van der Waals surface area (Å²) in [4.78, 5) is 37.9. The van der Waals surface area contributed by atoms with Crippen molar-refractivity contribution in [1.29, 1.82) is 0 Å². The van der Waals surface area contributed by atoms with Gasteiger partial charge in [0.25, 0.3) is 0 Å². The molecule has 13 heteroatoms. The van der Waals surface area contributed by atoms with Gasteiger partial charge in [0.2, 0.25) is 11.6 Å². The highest BCUT2D eigenvalue weighted by Crippen LogP contribution is 2.50. The van der Waals surface area contributed by atoms with Crippen LogP contribution in [0.4, 0.5) is 22.0 Å². The van der Waals surface area contributed by atoms with E-state index in [2.05, 4.69) is 0 Å². The van der Waals surface area contributed by atoms with Crippen LogP contribution in [0.3, 0.4) is 0 Å². The molecule has 3 aliphatic heterocycles. The molecule has 3 saturated heterocycles. The summed E-state index contributed by atoms with van der Waals surface area (Å²) in [7, 11) is -4.54. The minimum absolute atomic E-state index is 0.00546. The van der Waals surface area contributed by atoms with Crippen molar-refractivity contribution in [3.63, 3.8) is 0 Å². The molecule has 3 fully saturated rings. The Hall–Kier alpha value is -2.07. The van der Waals surface area contributed by atoms with Gasteiger partial charge in [0.05, 0.1) is 5.70 Å². The van der Waals surface area contributed by atoms with Gasteiger partial charge in [-0.25, -0.2) is 0 Å². The minimum Gasteiger partial charge on any atom is -0.365 e. The van der Waals surface area contributed by atoms with Crippen LogP contribution in [-0.4, -0.2) is 82.3 Å². The Morgan fingerprint density at radius 1 is 0.852 bits per heavy atom. The largest absolute Gasteiger partial charge is 0.594 e. The molecule has 1 atom stereocenters. The fourth-order valence-corrected chi connectivity index (χ4v) is 2.60. The van der Waals surface area contributed by atoms with Crippen molar-refractivity contribution in [2.75, 3.05) is 39.3 Å². The van der Waals surface area contributed by atoms with Crippen molar-refractivity contribution in [3.8, 4) is 0 Å². The predicted octanol–water partition coefficient (Wildman–Crippen LogP) is 1.06. The SMILES string of the molecule is O=C1C=C(N2CC2)C(=O)C(N2CC2)=C1N1CC1.O=[P+](O)C(F)(F)C(F)(F)F. The van der Waals surface area contributed by atoms with Gasteiger partial charge in [0.1, 0.15) is 11.4 Å². The van der Waals surface area contributed by atoms with Gasteiger partial charge < -0.3 is 14.7 Å². The van der Waals surface area contributed by atoms with E-state index >= 15 is 0 Å². The van der Waals surface area contributed by atoms with Crippen molar-refractivity contribution < 1.29 is 41.0 Å². The van der Waals surface area contributed by atoms with Crippen LogP contribution in [0.25, 0.3) is 0 Å². The maximum Gasteiger partial charge on any atom is 0.594 e. The number of carbonyl (C=O) groups is 2. The number of nitrogens with zero attached hydrogens (tertiary/aromatic N) is 3. The van der Waals surface area contributed by atoms with Gasteiger partial charge in [-0.2, -0.15) is 18.1 Å². The number of hydrogen-bond acceptors (Lipinski definition) is 6. The van der Waals surface area contributed by atoms with Crippen molar-refractivity contribution in [1.82, 2.24) is 14.7 Å². The van der Waals surface area contributed by atoms with E-state index in [9.17, 15) is 36.1 Å². The lowest BCUT2D eigenvalue weighted by atomic mass is 10.0. The number of ketones is 2. The zero-order valence-corrected chi connectivity index (χ0v) is 14.6. The second-order valence-corrected chi connectivity index (χ2v) is 7.30. The molecule has 0 aromatic rings. The van der Waals surface area contributed by atoms with Gasteiger partial charge in [0.15, 0.2) is 0 Å². The third kappa shape index (κ3) is 3.96. The molecule has 0 amide bonds. The van der Waals surface area contributed by atoms with Crippen LogP contribution >= 0.6 is 8.03 Å². The summed E-state index contributed by atoms with van der Waals surface area (Å²) in [6.45, 7) is 5.41. The Labute approximate surface area is 150 Å². The maximum absolute atomic E-state index is 12.4. The number of rotatable bonds is 4. The summed E-state index contributed by atoms with van der Waals surface area (Å²) in [5.41, 5.74) is -3.61. The summed E-state index contributed by atoms with van der Waals surface area (Å²) in [6, 6.07) is 0. The third-order valence-corrected chi connectivity index (χ3v) is 4.80. The van der Waals surface area contributed by atoms with E-state index in [1.165, 1.54) is 6.08 Å². The zero-order chi connectivity index (χ0) is 20.1. The Morgan fingerprint density at radius 3 is 1.63 bits per heavy atom. The molecule has 1 N–H and O–H groups in total. The smallest absolute Gasteiger partial charge is 0.365 e. The molecular weight excluding hydrogens is 400 g/mol. The Kier molecular flexibility index (Phi) is 4.75. The fraction of sp³-hybridized carbons (Fsp3) is 0.571. The van der Waals surface area contributed by atoms with Gasteiger partial charge in [-0.05, 0) is 4.57 Å². The van der Waals surface area contributed by atoms with E-state index in [-0.39, 0.29) is 11.6 Å². The molecule has 1 unspecified atom stereocenters. The molecule has 0 saturated carbocycles.